The van der Waals surface area contributed by atoms with Gasteiger partial charge in [-0.1, -0.05) is 19.9 Å². The van der Waals surface area contributed by atoms with E-state index in [-0.39, 0.29) is 11.8 Å². The average Bonchev–Trinajstić information content (AvgIpc) is 2.66. The quantitative estimate of drug-likeness (QED) is 0.762. The minimum absolute atomic E-state index is 0.251. The molecule has 2 amide bonds. The second kappa shape index (κ2) is 9.47. The van der Waals surface area contributed by atoms with Gasteiger partial charge in [-0.2, -0.15) is 0 Å². The molecule has 0 bridgehead atoms. The summed E-state index contributed by atoms with van der Waals surface area (Å²) in [5, 5.41) is 5.42. The van der Waals surface area contributed by atoms with Gasteiger partial charge >= 0.3 is 6.09 Å². The highest BCUT2D eigenvalue weighted by molar-refractivity contribution is 6.05. The molecule has 7 heteroatoms. The third-order valence-electron chi connectivity index (χ3n) is 3.53. The molecule has 7 nitrogen and oxygen atoms in total. The third-order valence-corrected chi connectivity index (χ3v) is 3.53. The van der Waals surface area contributed by atoms with Gasteiger partial charge < -0.3 is 19.5 Å². The fourth-order valence-electron chi connectivity index (χ4n) is 2.21. The molecule has 0 radical (unpaired) electrons. The van der Waals surface area contributed by atoms with Crippen LogP contribution in [0.5, 0.6) is 11.5 Å². The number of rotatable bonds is 7. The van der Waals surface area contributed by atoms with Gasteiger partial charge in [0.1, 0.15) is 11.5 Å². The van der Waals surface area contributed by atoms with Crippen molar-refractivity contribution in [3.05, 3.63) is 48.0 Å². The van der Waals surface area contributed by atoms with Gasteiger partial charge in [0.05, 0.1) is 20.8 Å². The maximum absolute atomic E-state index is 12.5. The predicted molar refractivity (Wildman–Crippen MR) is 104 cm³/mol. The largest absolute Gasteiger partial charge is 0.497 e. The number of methoxy groups -OCH3 is 2. The molecular formula is C20H24N2O5. The molecule has 0 aliphatic heterocycles. The molecule has 144 valence electrons. The number of hydrogen-bond donors (Lipinski definition) is 2. The molecule has 0 fully saturated rings. The van der Waals surface area contributed by atoms with E-state index < -0.39 is 6.09 Å². The number of ether oxygens (including phenoxy) is 3. The lowest BCUT2D eigenvalue weighted by Crippen LogP contribution is -2.17. The molecule has 2 aromatic carbocycles. The molecule has 0 saturated heterocycles. The number of amides is 2. The zero-order valence-electron chi connectivity index (χ0n) is 15.9. The van der Waals surface area contributed by atoms with Crippen molar-refractivity contribution in [2.45, 2.75) is 13.8 Å². The maximum atomic E-state index is 12.5. The van der Waals surface area contributed by atoms with Gasteiger partial charge in [-0.3, -0.25) is 10.1 Å². The molecular weight excluding hydrogens is 348 g/mol. The predicted octanol–water partition coefficient (Wildman–Crippen LogP) is 4.16. The normalized spacial score (nSPS) is 10.3. The lowest BCUT2D eigenvalue weighted by Gasteiger charge is -2.11. The minimum Gasteiger partial charge on any atom is -0.497 e. The first-order valence-electron chi connectivity index (χ1n) is 8.49. The van der Waals surface area contributed by atoms with Crippen LogP contribution >= 0.6 is 0 Å². The Morgan fingerprint density at radius 3 is 2.07 bits per heavy atom. The zero-order chi connectivity index (χ0) is 19.8. The van der Waals surface area contributed by atoms with E-state index in [4.69, 9.17) is 14.2 Å². The first-order valence-corrected chi connectivity index (χ1v) is 8.49. The summed E-state index contributed by atoms with van der Waals surface area (Å²) in [6, 6.07) is 11.7. The van der Waals surface area contributed by atoms with Gasteiger partial charge in [0, 0.05) is 23.0 Å². The molecule has 0 atom stereocenters. The van der Waals surface area contributed by atoms with Crippen LogP contribution in [0.3, 0.4) is 0 Å². The topological polar surface area (TPSA) is 85.9 Å². The lowest BCUT2D eigenvalue weighted by molar-refractivity contribution is 0.102. The summed E-state index contributed by atoms with van der Waals surface area (Å²) in [7, 11) is 3.04. The summed E-state index contributed by atoms with van der Waals surface area (Å²) in [6.07, 6.45) is -0.537. The van der Waals surface area contributed by atoms with Crippen molar-refractivity contribution >= 4 is 23.4 Å². The minimum atomic E-state index is -0.537. The summed E-state index contributed by atoms with van der Waals surface area (Å²) in [6.45, 7) is 4.24. The Morgan fingerprint density at radius 2 is 1.52 bits per heavy atom. The zero-order valence-corrected chi connectivity index (χ0v) is 15.9. The molecule has 0 aliphatic rings. The van der Waals surface area contributed by atoms with Crippen molar-refractivity contribution in [3.8, 4) is 11.5 Å². The van der Waals surface area contributed by atoms with Crippen LogP contribution in [0.15, 0.2) is 42.5 Å². The van der Waals surface area contributed by atoms with E-state index in [1.54, 1.807) is 42.5 Å². The Hall–Kier alpha value is -3.22. The molecule has 27 heavy (non-hydrogen) atoms. The number of anilines is 2. The average molecular weight is 372 g/mol. The summed E-state index contributed by atoms with van der Waals surface area (Å²) in [5.41, 5.74) is 1.44. The van der Waals surface area contributed by atoms with E-state index >= 15 is 0 Å². The van der Waals surface area contributed by atoms with Crippen molar-refractivity contribution in [1.82, 2.24) is 0 Å². The Morgan fingerprint density at radius 1 is 0.926 bits per heavy atom. The number of carbonyl (C=O) groups excluding carboxylic acids is 2. The first-order chi connectivity index (χ1) is 12.9. The van der Waals surface area contributed by atoms with Crippen LogP contribution in [0.4, 0.5) is 16.2 Å². The molecule has 2 N–H and O–H groups in total. The Kier molecular flexibility index (Phi) is 7.05. The van der Waals surface area contributed by atoms with E-state index in [0.717, 1.165) is 0 Å². The lowest BCUT2D eigenvalue weighted by atomic mass is 10.1. The summed E-state index contributed by atoms with van der Waals surface area (Å²) < 4.78 is 15.4. The van der Waals surface area contributed by atoms with Crippen molar-refractivity contribution < 1.29 is 23.8 Å². The van der Waals surface area contributed by atoms with Crippen LogP contribution < -0.4 is 20.1 Å². The van der Waals surface area contributed by atoms with E-state index in [2.05, 4.69) is 10.6 Å². The second-order valence-electron chi connectivity index (χ2n) is 6.25. The van der Waals surface area contributed by atoms with Crippen molar-refractivity contribution in [3.63, 3.8) is 0 Å². The van der Waals surface area contributed by atoms with Gasteiger partial charge in [0.25, 0.3) is 5.91 Å². The third kappa shape index (κ3) is 6.22. The number of carbonyl (C=O) groups is 2. The van der Waals surface area contributed by atoms with E-state index in [1.807, 2.05) is 13.8 Å². The molecule has 0 aromatic heterocycles. The Bertz CT molecular complexity index is 782. The number of nitrogens with one attached hydrogen (secondary N) is 2. The van der Waals surface area contributed by atoms with Gasteiger partial charge in [-0.05, 0) is 36.2 Å². The SMILES string of the molecule is COc1cc(OC)cc(C(=O)Nc2cccc(NC(=O)OCC(C)C)c2)c1. The highest BCUT2D eigenvalue weighted by atomic mass is 16.5. The summed E-state index contributed by atoms with van der Waals surface area (Å²) in [5.74, 6) is 0.957. The Labute approximate surface area is 158 Å². The smallest absolute Gasteiger partial charge is 0.411 e. The Balaban J connectivity index is 2.07. The number of benzene rings is 2. The van der Waals surface area contributed by atoms with Crippen molar-refractivity contribution in [1.29, 1.82) is 0 Å². The van der Waals surface area contributed by atoms with Gasteiger partial charge in [0.15, 0.2) is 0 Å². The molecule has 2 aromatic rings. The molecule has 0 spiro atoms. The molecule has 0 saturated carbocycles. The molecule has 0 aliphatic carbocycles. The number of hydrogen-bond acceptors (Lipinski definition) is 5. The van der Waals surface area contributed by atoms with Gasteiger partial charge in [-0.15, -0.1) is 0 Å². The standard InChI is InChI=1S/C20H24N2O5/c1-13(2)12-27-20(24)22-16-7-5-6-15(10-16)21-19(23)14-8-17(25-3)11-18(9-14)26-4/h5-11,13H,12H2,1-4H3,(H,21,23)(H,22,24). The summed E-state index contributed by atoms with van der Waals surface area (Å²) in [4.78, 5) is 24.3. The molecule has 0 heterocycles. The van der Waals surface area contributed by atoms with Crippen LogP contribution in [0.1, 0.15) is 24.2 Å². The highest BCUT2D eigenvalue weighted by Gasteiger charge is 2.11. The second-order valence-corrected chi connectivity index (χ2v) is 6.25. The van der Waals surface area contributed by atoms with Crippen LogP contribution in [0.2, 0.25) is 0 Å². The van der Waals surface area contributed by atoms with E-state index in [1.165, 1.54) is 14.2 Å². The van der Waals surface area contributed by atoms with Crippen LogP contribution in [0, 0.1) is 5.92 Å². The first kappa shape index (κ1) is 20.1. The van der Waals surface area contributed by atoms with E-state index in [9.17, 15) is 9.59 Å². The summed E-state index contributed by atoms with van der Waals surface area (Å²) >= 11 is 0. The van der Waals surface area contributed by atoms with Crippen LogP contribution in [0.25, 0.3) is 0 Å². The molecule has 2 rings (SSSR count). The fraction of sp³-hybridized carbons (Fsp3) is 0.300. The van der Waals surface area contributed by atoms with Crippen LogP contribution in [-0.4, -0.2) is 32.8 Å². The van der Waals surface area contributed by atoms with Crippen molar-refractivity contribution in [2.75, 3.05) is 31.5 Å². The van der Waals surface area contributed by atoms with Crippen LogP contribution in [-0.2, 0) is 4.74 Å². The highest BCUT2D eigenvalue weighted by Crippen LogP contribution is 2.24. The van der Waals surface area contributed by atoms with E-state index in [0.29, 0.717) is 35.0 Å². The monoisotopic (exact) mass is 372 g/mol. The van der Waals surface area contributed by atoms with Crippen molar-refractivity contribution in [2.24, 2.45) is 5.92 Å². The fourth-order valence-corrected chi connectivity index (χ4v) is 2.21. The maximum Gasteiger partial charge on any atom is 0.411 e. The van der Waals surface area contributed by atoms with Gasteiger partial charge in [0.2, 0.25) is 0 Å². The molecule has 0 unspecified atom stereocenters. The van der Waals surface area contributed by atoms with Gasteiger partial charge in [-0.25, -0.2) is 4.79 Å².